The van der Waals surface area contributed by atoms with Gasteiger partial charge in [-0.3, -0.25) is 4.72 Å². The quantitative estimate of drug-likeness (QED) is 0.276. The van der Waals surface area contributed by atoms with Crippen LogP contribution in [-0.4, -0.2) is 51.1 Å². The Morgan fingerprint density at radius 1 is 0.649 bits per heavy atom. The maximum absolute atomic E-state index is 13.2. The molecule has 3 rings (SSSR count). The van der Waals surface area contributed by atoms with Gasteiger partial charge in [-0.25, -0.2) is 8.42 Å². The van der Waals surface area contributed by atoms with Crippen molar-refractivity contribution in [1.29, 1.82) is 0 Å². The number of rotatable bonds is 11. The fourth-order valence-corrected chi connectivity index (χ4v) is 4.72. The number of anilines is 2. The van der Waals surface area contributed by atoms with Gasteiger partial charge in [0, 0.05) is 0 Å². The van der Waals surface area contributed by atoms with Gasteiger partial charge >= 0.3 is 0 Å². The van der Waals surface area contributed by atoms with Crippen molar-refractivity contribution in [3.63, 3.8) is 0 Å². The molecule has 0 unspecified atom stereocenters. The molecule has 37 heavy (non-hydrogen) atoms. The lowest BCUT2D eigenvalue weighted by molar-refractivity contribution is 0.324. The summed E-state index contributed by atoms with van der Waals surface area (Å²) in [4.78, 5) is -0.0369. The summed E-state index contributed by atoms with van der Waals surface area (Å²) in [5.41, 5.74) is 7.68. The normalized spacial score (nSPS) is 11.2. The van der Waals surface area contributed by atoms with E-state index in [9.17, 15) is 8.42 Å². The molecule has 0 heterocycles. The smallest absolute Gasteiger partial charge is 0.262 e. The van der Waals surface area contributed by atoms with Crippen LogP contribution in [0.15, 0.2) is 47.4 Å². The average Bonchev–Trinajstić information content (AvgIpc) is 2.90. The monoisotopic (exact) mass is 530 g/mol. The Morgan fingerprint density at radius 2 is 1.14 bits per heavy atom. The molecule has 3 aromatic rings. The molecule has 0 atom stereocenters. The predicted octanol–water partition coefficient (Wildman–Crippen LogP) is 4.29. The number of ether oxygens (including phenoxy) is 6. The van der Waals surface area contributed by atoms with Gasteiger partial charge < -0.3 is 34.2 Å². The van der Waals surface area contributed by atoms with Gasteiger partial charge in [0.15, 0.2) is 23.0 Å². The lowest BCUT2D eigenvalue weighted by atomic mass is 10.1. The van der Waals surface area contributed by atoms with E-state index < -0.39 is 10.0 Å². The van der Waals surface area contributed by atoms with Gasteiger partial charge in [0.05, 0.1) is 58.9 Å². The van der Waals surface area contributed by atoms with E-state index in [0.717, 1.165) is 5.56 Å². The summed E-state index contributed by atoms with van der Waals surface area (Å²) < 4.78 is 61.1. The van der Waals surface area contributed by atoms with Crippen LogP contribution < -0.4 is 38.9 Å². The first-order valence-corrected chi connectivity index (χ1v) is 12.4. The van der Waals surface area contributed by atoms with Crippen LogP contribution >= 0.6 is 0 Å². The number of nitrogens with two attached hydrogens (primary N) is 1. The largest absolute Gasteiger partial charge is 0.495 e. The first-order chi connectivity index (χ1) is 17.7. The van der Waals surface area contributed by atoms with Crippen LogP contribution in [0.1, 0.15) is 11.1 Å². The average molecular weight is 531 g/mol. The summed E-state index contributed by atoms with van der Waals surface area (Å²) in [5, 5.41) is 0. The lowest BCUT2D eigenvalue weighted by Crippen LogP contribution is -2.14. The number of nitrogen functional groups attached to an aromatic ring is 1. The predicted molar refractivity (Wildman–Crippen MR) is 143 cm³/mol. The zero-order valence-corrected chi connectivity index (χ0v) is 22.3. The van der Waals surface area contributed by atoms with Crippen molar-refractivity contribution in [3.05, 3.63) is 53.6 Å². The SMILES string of the molecule is COc1ccc(S(=O)(=O)Nc2cc(/C=C\c3cc(OC)c(OC)c(OC)c3)cc(OC)c2OC)cc1N. The molecule has 198 valence electrons. The van der Waals surface area contributed by atoms with E-state index in [4.69, 9.17) is 34.2 Å². The molecular weight excluding hydrogens is 500 g/mol. The van der Waals surface area contributed by atoms with Gasteiger partial charge in [0.25, 0.3) is 10.0 Å². The maximum atomic E-state index is 13.2. The van der Waals surface area contributed by atoms with Gasteiger partial charge in [0.1, 0.15) is 5.75 Å². The van der Waals surface area contributed by atoms with E-state index in [2.05, 4.69) is 4.72 Å². The molecule has 0 bridgehead atoms. The fraction of sp³-hybridized carbons (Fsp3) is 0.231. The lowest BCUT2D eigenvalue weighted by Gasteiger charge is -2.16. The number of benzene rings is 3. The topological polar surface area (TPSA) is 128 Å². The highest BCUT2D eigenvalue weighted by Crippen LogP contribution is 2.40. The summed E-state index contributed by atoms with van der Waals surface area (Å²) in [6.07, 6.45) is 3.60. The molecule has 10 nitrogen and oxygen atoms in total. The van der Waals surface area contributed by atoms with Crippen molar-refractivity contribution < 1.29 is 36.8 Å². The fourth-order valence-electron chi connectivity index (χ4n) is 3.63. The van der Waals surface area contributed by atoms with Crippen LogP contribution in [0.4, 0.5) is 11.4 Å². The van der Waals surface area contributed by atoms with E-state index in [-0.39, 0.29) is 22.0 Å². The zero-order chi connectivity index (χ0) is 27.2. The summed E-state index contributed by atoms with van der Waals surface area (Å²) in [5.74, 6) is 2.40. The van der Waals surface area contributed by atoms with Crippen LogP contribution in [-0.2, 0) is 10.0 Å². The highest BCUT2D eigenvalue weighted by Gasteiger charge is 2.21. The van der Waals surface area contributed by atoms with E-state index in [1.54, 1.807) is 30.3 Å². The molecule has 0 radical (unpaired) electrons. The molecule has 0 aromatic heterocycles. The molecule has 3 aromatic carbocycles. The highest BCUT2D eigenvalue weighted by atomic mass is 32.2. The van der Waals surface area contributed by atoms with E-state index in [1.807, 2.05) is 6.08 Å². The van der Waals surface area contributed by atoms with Gasteiger partial charge in [-0.05, 0) is 53.6 Å². The van der Waals surface area contributed by atoms with Crippen molar-refractivity contribution in [1.82, 2.24) is 0 Å². The first-order valence-electron chi connectivity index (χ1n) is 10.9. The molecular formula is C26H30N2O8S. The molecule has 0 saturated carbocycles. The van der Waals surface area contributed by atoms with Gasteiger partial charge in [-0.1, -0.05) is 12.2 Å². The van der Waals surface area contributed by atoms with Crippen molar-refractivity contribution in [2.45, 2.75) is 4.90 Å². The third kappa shape index (κ3) is 5.95. The van der Waals surface area contributed by atoms with Crippen LogP contribution in [0, 0.1) is 0 Å². The zero-order valence-electron chi connectivity index (χ0n) is 21.4. The van der Waals surface area contributed by atoms with Crippen LogP contribution in [0.5, 0.6) is 34.5 Å². The Kier molecular flexibility index (Phi) is 8.61. The van der Waals surface area contributed by atoms with E-state index in [1.165, 1.54) is 60.9 Å². The number of hydrogen-bond acceptors (Lipinski definition) is 9. The molecule has 0 saturated heterocycles. The minimum atomic E-state index is -4.02. The van der Waals surface area contributed by atoms with Crippen LogP contribution in [0.3, 0.4) is 0 Å². The standard InChI is InChI=1S/C26H30N2O8S/c1-31-21-10-9-18(15-19(21)27)37(29,30)28-20-11-16(12-22(32-2)25(20)35-5)7-8-17-13-23(33-3)26(36-6)24(14-17)34-4/h7-15,28H,27H2,1-6H3/b8-7-. The number of methoxy groups -OCH3 is 6. The molecule has 11 heteroatoms. The summed E-state index contributed by atoms with van der Waals surface area (Å²) in [7, 11) is 4.92. The Balaban J connectivity index is 2.03. The summed E-state index contributed by atoms with van der Waals surface area (Å²) in [6, 6.07) is 11.1. The maximum Gasteiger partial charge on any atom is 0.262 e. The van der Waals surface area contributed by atoms with Gasteiger partial charge in [-0.15, -0.1) is 0 Å². The number of nitrogens with one attached hydrogen (secondary N) is 1. The molecule has 0 aliphatic heterocycles. The first kappa shape index (κ1) is 27.3. The third-order valence-corrected chi connectivity index (χ3v) is 6.78. The second-order valence-corrected chi connectivity index (χ2v) is 9.29. The van der Waals surface area contributed by atoms with Gasteiger partial charge in [-0.2, -0.15) is 0 Å². The summed E-state index contributed by atoms with van der Waals surface area (Å²) >= 11 is 0. The van der Waals surface area contributed by atoms with Crippen LogP contribution in [0.2, 0.25) is 0 Å². The molecule has 0 aliphatic carbocycles. The Bertz CT molecular complexity index is 1380. The van der Waals surface area contributed by atoms with Crippen molar-refractivity contribution in [2.24, 2.45) is 0 Å². The Labute approximate surface area is 216 Å². The molecule has 3 N–H and O–H groups in total. The van der Waals surface area contributed by atoms with Crippen molar-refractivity contribution in [3.8, 4) is 34.5 Å². The van der Waals surface area contributed by atoms with Crippen LogP contribution in [0.25, 0.3) is 12.2 Å². The van der Waals surface area contributed by atoms with Crippen molar-refractivity contribution in [2.75, 3.05) is 53.1 Å². The number of sulfonamides is 1. The second kappa shape index (κ2) is 11.7. The Hall–Kier alpha value is -4.25. The molecule has 0 spiro atoms. The van der Waals surface area contributed by atoms with E-state index in [0.29, 0.717) is 34.3 Å². The van der Waals surface area contributed by atoms with E-state index >= 15 is 0 Å². The molecule has 0 aliphatic rings. The summed E-state index contributed by atoms with van der Waals surface area (Å²) in [6.45, 7) is 0. The minimum Gasteiger partial charge on any atom is -0.495 e. The highest BCUT2D eigenvalue weighted by molar-refractivity contribution is 7.92. The van der Waals surface area contributed by atoms with Gasteiger partial charge in [0.2, 0.25) is 5.75 Å². The minimum absolute atomic E-state index is 0.0369. The second-order valence-electron chi connectivity index (χ2n) is 7.61. The van der Waals surface area contributed by atoms with Crippen molar-refractivity contribution >= 4 is 33.6 Å². The number of hydrogen-bond donors (Lipinski definition) is 2. The Morgan fingerprint density at radius 3 is 1.59 bits per heavy atom. The third-order valence-electron chi connectivity index (χ3n) is 5.41. The molecule has 0 amide bonds. The molecule has 0 fully saturated rings.